The zero-order chi connectivity index (χ0) is 15.0. The lowest BCUT2D eigenvalue weighted by molar-refractivity contribution is -0.137. The van der Waals surface area contributed by atoms with Crippen LogP contribution in [0, 0.1) is 0 Å². The number of alkyl halides is 3. The van der Waals surface area contributed by atoms with Crippen LogP contribution in [0.3, 0.4) is 0 Å². The normalized spacial score (nSPS) is 27.4. The summed E-state index contributed by atoms with van der Waals surface area (Å²) < 4.78 is 43.7. The summed E-state index contributed by atoms with van der Waals surface area (Å²) in [5.41, 5.74) is 5.02. The minimum absolute atomic E-state index is 0.358. The van der Waals surface area contributed by atoms with E-state index in [9.17, 15) is 18.3 Å². The molecular formula is C14H18F3NO2. The number of aliphatic hydroxyl groups is 1. The highest BCUT2D eigenvalue weighted by molar-refractivity contribution is 5.43. The van der Waals surface area contributed by atoms with E-state index in [2.05, 4.69) is 0 Å². The number of rotatable bonds is 2. The fraction of sp³-hybridized carbons (Fsp3) is 0.571. The summed E-state index contributed by atoms with van der Waals surface area (Å²) in [6, 6.07) is 3.36. The SMILES string of the molecule is COc1ccc(C(F)(F)F)cc1C1(N)CCC(O)CC1. The Hall–Kier alpha value is -1.27. The van der Waals surface area contributed by atoms with Gasteiger partial charge in [-0.05, 0) is 43.9 Å². The molecule has 3 nitrogen and oxygen atoms in total. The van der Waals surface area contributed by atoms with Crippen LogP contribution in [0.15, 0.2) is 18.2 Å². The van der Waals surface area contributed by atoms with Crippen LogP contribution in [-0.2, 0) is 11.7 Å². The lowest BCUT2D eigenvalue weighted by Gasteiger charge is -2.37. The number of benzene rings is 1. The van der Waals surface area contributed by atoms with Gasteiger partial charge >= 0.3 is 6.18 Å². The Morgan fingerprint density at radius 2 is 1.90 bits per heavy atom. The molecule has 0 bridgehead atoms. The molecule has 1 aromatic rings. The van der Waals surface area contributed by atoms with Crippen molar-refractivity contribution in [3.8, 4) is 5.75 Å². The van der Waals surface area contributed by atoms with Gasteiger partial charge < -0.3 is 15.6 Å². The van der Waals surface area contributed by atoms with Crippen LogP contribution >= 0.6 is 0 Å². The molecule has 0 radical (unpaired) electrons. The molecule has 0 aliphatic heterocycles. The van der Waals surface area contributed by atoms with Gasteiger partial charge in [-0.2, -0.15) is 13.2 Å². The maximum atomic E-state index is 12.8. The van der Waals surface area contributed by atoms with E-state index in [0.717, 1.165) is 12.1 Å². The zero-order valence-corrected chi connectivity index (χ0v) is 11.2. The molecule has 0 unspecified atom stereocenters. The molecule has 0 amide bonds. The summed E-state index contributed by atoms with van der Waals surface area (Å²) >= 11 is 0. The Bertz CT molecular complexity index is 480. The molecule has 6 heteroatoms. The Labute approximate surface area is 115 Å². The van der Waals surface area contributed by atoms with Crippen molar-refractivity contribution in [2.75, 3.05) is 7.11 Å². The second-order valence-electron chi connectivity index (χ2n) is 5.30. The first-order chi connectivity index (χ1) is 9.26. The summed E-state index contributed by atoms with van der Waals surface area (Å²) in [6.45, 7) is 0. The third-order valence-corrected chi connectivity index (χ3v) is 3.91. The predicted molar refractivity (Wildman–Crippen MR) is 68.3 cm³/mol. The topological polar surface area (TPSA) is 55.5 Å². The summed E-state index contributed by atoms with van der Waals surface area (Å²) in [7, 11) is 1.41. The van der Waals surface area contributed by atoms with Crippen molar-refractivity contribution < 1.29 is 23.0 Å². The third kappa shape index (κ3) is 2.91. The van der Waals surface area contributed by atoms with Gasteiger partial charge in [-0.25, -0.2) is 0 Å². The van der Waals surface area contributed by atoms with E-state index in [-0.39, 0.29) is 0 Å². The van der Waals surface area contributed by atoms with Gasteiger partial charge in [-0.15, -0.1) is 0 Å². The minimum atomic E-state index is -4.41. The van der Waals surface area contributed by atoms with Crippen LogP contribution in [0.25, 0.3) is 0 Å². The zero-order valence-electron chi connectivity index (χ0n) is 11.2. The van der Waals surface area contributed by atoms with Gasteiger partial charge in [0.1, 0.15) is 5.75 Å². The summed E-state index contributed by atoms with van der Waals surface area (Å²) in [5.74, 6) is 0.358. The Morgan fingerprint density at radius 1 is 1.30 bits per heavy atom. The molecule has 0 aromatic heterocycles. The standard InChI is InChI=1S/C14H18F3NO2/c1-20-12-3-2-9(14(15,16)17)8-11(12)13(18)6-4-10(19)5-7-13/h2-3,8,10,19H,4-7,18H2,1H3. The molecule has 1 saturated carbocycles. The van der Waals surface area contributed by atoms with Crippen molar-refractivity contribution in [3.05, 3.63) is 29.3 Å². The molecule has 1 aromatic carbocycles. The van der Waals surface area contributed by atoms with E-state index >= 15 is 0 Å². The molecule has 1 aliphatic rings. The van der Waals surface area contributed by atoms with Crippen LogP contribution in [0.4, 0.5) is 13.2 Å². The second kappa shape index (κ2) is 5.26. The lowest BCUT2D eigenvalue weighted by Crippen LogP contribution is -2.42. The first-order valence-corrected chi connectivity index (χ1v) is 6.49. The predicted octanol–water partition coefficient (Wildman–Crippen LogP) is 2.80. The highest BCUT2D eigenvalue weighted by Crippen LogP contribution is 2.42. The molecule has 1 aliphatic carbocycles. The summed E-state index contributed by atoms with van der Waals surface area (Å²) in [6.07, 6.45) is -3.00. The van der Waals surface area contributed by atoms with Crippen LogP contribution in [0.2, 0.25) is 0 Å². The molecule has 0 heterocycles. The Kier molecular flexibility index (Phi) is 3.97. The number of methoxy groups -OCH3 is 1. The lowest BCUT2D eigenvalue weighted by atomic mass is 9.75. The molecular weight excluding hydrogens is 271 g/mol. The Morgan fingerprint density at radius 3 is 2.40 bits per heavy atom. The number of aliphatic hydroxyl groups excluding tert-OH is 1. The highest BCUT2D eigenvalue weighted by Gasteiger charge is 2.38. The van der Waals surface area contributed by atoms with E-state index in [4.69, 9.17) is 10.5 Å². The number of nitrogens with two attached hydrogens (primary N) is 1. The number of ether oxygens (including phenoxy) is 1. The second-order valence-corrected chi connectivity index (χ2v) is 5.30. The van der Waals surface area contributed by atoms with Crippen LogP contribution in [0.1, 0.15) is 36.8 Å². The molecule has 0 spiro atoms. The van der Waals surface area contributed by atoms with Gasteiger partial charge in [0.15, 0.2) is 0 Å². The van der Waals surface area contributed by atoms with Gasteiger partial charge in [0.05, 0.1) is 18.8 Å². The first kappa shape index (κ1) is 15.1. The molecule has 2 rings (SSSR count). The molecule has 20 heavy (non-hydrogen) atoms. The van der Waals surface area contributed by atoms with E-state index in [1.165, 1.54) is 13.2 Å². The fourth-order valence-electron chi connectivity index (χ4n) is 2.66. The fourth-order valence-corrected chi connectivity index (χ4v) is 2.66. The largest absolute Gasteiger partial charge is 0.496 e. The van der Waals surface area contributed by atoms with E-state index < -0.39 is 23.4 Å². The van der Waals surface area contributed by atoms with Crippen molar-refractivity contribution in [2.24, 2.45) is 5.73 Å². The van der Waals surface area contributed by atoms with Crippen molar-refractivity contribution in [2.45, 2.75) is 43.5 Å². The van der Waals surface area contributed by atoms with Crippen molar-refractivity contribution in [1.82, 2.24) is 0 Å². The van der Waals surface area contributed by atoms with Crippen molar-refractivity contribution >= 4 is 0 Å². The average Bonchev–Trinajstić information content (AvgIpc) is 2.40. The van der Waals surface area contributed by atoms with Crippen molar-refractivity contribution in [3.63, 3.8) is 0 Å². The molecule has 0 atom stereocenters. The van der Waals surface area contributed by atoms with Crippen LogP contribution < -0.4 is 10.5 Å². The quantitative estimate of drug-likeness (QED) is 0.880. The number of hydrogen-bond acceptors (Lipinski definition) is 3. The van der Waals surface area contributed by atoms with Gasteiger partial charge in [-0.3, -0.25) is 0 Å². The summed E-state index contributed by atoms with van der Waals surface area (Å²) in [4.78, 5) is 0. The van der Waals surface area contributed by atoms with E-state index in [1.54, 1.807) is 0 Å². The van der Waals surface area contributed by atoms with Gasteiger partial charge in [0.2, 0.25) is 0 Å². The summed E-state index contributed by atoms with van der Waals surface area (Å²) in [5, 5.41) is 9.53. The monoisotopic (exact) mass is 289 g/mol. The maximum Gasteiger partial charge on any atom is 0.416 e. The van der Waals surface area contributed by atoms with Crippen LogP contribution in [-0.4, -0.2) is 18.3 Å². The van der Waals surface area contributed by atoms with Gasteiger partial charge in [0.25, 0.3) is 0 Å². The number of hydrogen-bond donors (Lipinski definition) is 2. The smallest absolute Gasteiger partial charge is 0.416 e. The van der Waals surface area contributed by atoms with Crippen molar-refractivity contribution in [1.29, 1.82) is 0 Å². The molecule has 3 N–H and O–H groups in total. The van der Waals surface area contributed by atoms with Gasteiger partial charge in [-0.1, -0.05) is 0 Å². The average molecular weight is 289 g/mol. The molecule has 1 fully saturated rings. The first-order valence-electron chi connectivity index (χ1n) is 6.49. The third-order valence-electron chi connectivity index (χ3n) is 3.91. The number of halogens is 3. The Balaban J connectivity index is 2.43. The van der Waals surface area contributed by atoms with Gasteiger partial charge in [0, 0.05) is 11.1 Å². The van der Waals surface area contributed by atoms with E-state index in [0.29, 0.717) is 37.0 Å². The molecule has 112 valence electrons. The highest BCUT2D eigenvalue weighted by atomic mass is 19.4. The van der Waals surface area contributed by atoms with E-state index in [1.807, 2.05) is 0 Å². The minimum Gasteiger partial charge on any atom is -0.496 e. The maximum absolute atomic E-state index is 12.8. The molecule has 0 saturated heterocycles. The van der Waals surface area contributed by atoms with Crippen LogP contribution in [0.5, 0.6) is 5.75 Å².